The van der Waals surface area contributed by atoms with Gasteiger partial charge in [-0.05, 0) is 54.8 Å². The van der Waals surface area contributed by atoms with Crippen molar-refractivity contribution in [2.75, 3.05) is 13.1 Å². The Morgan fingerprint density at radius 2 is 1.58 bits per heavy atom. The summed E-state index contributed by atoms with van der Waals surface area (Å²) in [7, 11) is 0. The van der Waals surface area contributed by atoms with Crippen LogP contribution in [0.3, 0.4) is 0 Å². The zero-order chi connectivity index (χ0) is 14.3. The molecule has 1 unspecified atom stereocenters. The van der Waals surface area contributed by atoms with Gasteiger partial charge in [-0.1, -0.05) is 58.9 Å². The molecule has 1 atom stereocenters. The highest BCUT2D eigenvalue weighted by molar-refractivity contribution is 5.24. The Kier molecular flexibility index (Phi) is 7.15. The molecule has 1 heteroatoms. The first-order chi connectivity index (χ1) is 8.99. The first-order valence-electron chi connectivity index (χ1n) is 7.78. The minimum absolute atomic E-state index is 0.631. The average molecular weight is 261 g/mol. The Labute approximate surface area is 119 Å². The number of nitrogens with one attached hydrogen (secondary N) is 1. The second-order valence-electron chi connectivity index (χ2n) is 6.59. The minimum atomic E-state index is 0.631. The molecule has 1 nitrogen and oxygen atoms in total. The maximum absolute atomic E-state index is 3.53. The molecule has 108 valence electrons. The van der Waals surface area contributed by atoms with E-state index in [0.29, 0.717) is 5.92 Å². The van der Waals surface area contributed by atoms with E-state index < -0.39 is 0 Å². The molecule has 0 heterocycles. The molecular formula is C18H31N. The molecule has 0 radical (unpaired) electrons. The highest BCUT2D eigenvalue weighted by Crippen LogP contribution is 2.17. The van der Waals surface area contributed by atoms with E-state index in [2.05, 4.69) is 64.2 Å². The lowest BCUT2D eigenvalue weighted by atomic mass is 9.95. The third kappa shape index (κ3) is 6.77. The van der Waals surface area contributed by atoms with Crippen LogP contribution in [0.1, 0.15) is 58.1 Å². The summed E-state index contributed by atoms with van der Waals surface area (Å²) in [6.45, 7) is 13.6. The Hall–Kier alpha value is -0.820. The lowest BCUT2D eigenvalue weighted by molar-refractivity contribution is 0.474. The van der Waals surface area contributed by atoms with Crippen molar-refractivity contribution in [1.82, 2.24) is 5.32 Å². The molecule has 0 saturated carbocycles. The summed E-state index contributed by atoms with van der Waals surface area (Å²) in [5.74, 6) is 2.13. The lowest BCUT2D eigenvalue weighted by Crippen LogP contribution is -2.22. The molecule has 0 bridgehead atoms. The van der Waals surface area contributed by atoms with Gasteiger partial charge in [-0.25, -0.2) is 0 Å². The topological polar surface area (TPSA) is 12.0 Å². The third-order valence-electron chi connectivity index (χ3n) is 3.60. The van der Waals surface area contributed by atoms with Crippen LogP contribution in [0.2, 0.25) is 0 Å². The van der Waals surface area contributed by atoms with Crippen molar-refractivity contribution in [2.45, 2.75) is 53.4 Å². The average Bonchev–Trinajstić information content (AvgIpc) is 2.35. The molecule has 1 rings (SSSR count). The van der Waals surface area contributed by atoms with E-state index in [-0.39, 0.29) is 0 Å². The van der Waals surface area contributed by atoms with Crippen molar-refractivity contribution < 1.29 is 0 Å². The molecule has 1 N–H and O–H groups in total. The van der Waals surface area contributed by atoms with Crippen molar-refractivity contribution in [3.05, 3.63) is 35.4 Å². The SMILES string of the molecule is CC(C)CNCCC(C)Cc1ccc(C(C)C)cc1. The summed E-state index contributed by atoms with van der Waals surface area (Å²) >= 11 is 0. The molecular weight excluding hydrogens is 230 g/mol. The van der Waals surface area contributed by atoms with Crippen molar-refractivity contribution in [1.29, 1.82) is 0 Å². The molecule has 19 heavy (non-hydrogen) atoms. The van der Waals surface area contributed by atoms with Crippen LogP contribution in [0.5, 0.6) is 0 Å². The molecule has 0 aliphatic carbocycles. The van der Waals surface area contributed by atoms with Crippen molar-refractivity contribution in [3.63, 3.8) is 0 Å². The first kappa shape index (κ1) is 16.2. The van der Waals surface area contributed by atoms with Gasteiger partial charge in [-0.3, -0.25) is 0 Å². The van der Waals surface area contributed by atoms with Crippen LogP contribution >= 0.6 is 0 Å². The van der Waals surface area contributed by atoms with Gasteiger partial charge < -0.3 is 5.32 Å². The molecule has 0 aliphatic heterocycles. The van der Waals surface area contributed by atoms with Crippen LogP contribution in [-0.4, -0.2) is 13.1 Å². The quantitative estimate of drug-likeness (QED) is 0.673. The van der Waals surface area contributed by atoms with Gasteiger partial charge >= 0.3 is 0 Å². The second kappa shape index (κ2) is 8.37. The summed E-state index contributed by atoms with van der Waals surface area (Å²) in [5, 5.41) is 3.53. The molecule has 1 aromatic carbocycles. The fraction of sp³-hybridized carbons (Fsp3) is 0.667. The number of hydrogen-bond donors (Lipinski definition) is 1. The molecule has 0 spiro atoms. The number of rotatable bonds is 8. The van der Waals surface area contributed by atoms with E-state index in [0.717, 1.165) is 24.9 Å². The molecule has 0 aromatic heterocycles. The van der Waals surface area contributed by atoms with E-state index >= 15 is 0 Å². The summed E-state index contributed by atoms with van der Waals surface area (Å²) in [4.78, 5) is 0. The fourth-order valence-electron chi connectivity index (χ4n) is 2.28. The van der Waals surface area contributed by atoms with E-state index in [1.807, 2.05) is 0 Å². The Bertz CT molecular complexity index is 337. The predicted molar refractivity (Wildman–Crippen MR) is 85.7 cm³/mol. The maximum atomic E-state index is 3.53. The van der Waals surface area contributed by atoms with Crippen LogP contribution in [0.25, 0.3) is 0 Å². The van der Waals surface area contributed by atoms with Crippen molar-refractivity contribution in [3.8, 4) is 0 Å². The molecule has 1 aromatic rings. The minimum Gasteiger partial charge on any atom is -0.316 e. The third-order valence-corrected chi connectivity index (χ3v) is 3.60. The smallest absolute Gasteiger partial charge is 0.00258 e. The highest BCUT2D eigenvalue weighted by Gasteiger charge is 2.05. The van der Waals surface area contributed by atoms with Gasteiger partial charge in [0.1, 0.15) is 0 Å². The highest BCUT2D eigenvalue weighted by atomic mass is 14.8. The van der Waals surface area contributed by atoms with Gasteiger partial charge in [0.2, 0.25) is 0 Å². The summed E-state index contributed by atoms with van der Waals surface area (Å²) in [6.07, 6.45) is 2.46. The summed E-state index contributed by atoms with van der Waals surface area (Å²) in [5.41, 5.74) is 2.91. The number of benzene rings is 1. The van der Waals surface area contributed by atoms with Gasteiger partial charge in [0.05, 0.1) is 0 Å². The van der Waals surface area contributed by atoms with E-state index in [1.54, 1.807) is 0 Å². The Morgan fingerprint density at radius 3 is 2.11 bits per heavy atom. The van der Waals surface area contributed by atoms with Crippen molar-refractivity contribution >= 4 is 0 Å². The molecule has 0 fully saturated rings. The van der Waals surface area contributed by atoms with E-state index in [9.17, 15) is 0 Å². The predicted octanol–water partition coefficient (Wildman–Crippen LogP) is 4.62. The van der Waals surface area contributed by atoms with E-state index in [1.165, 1.54) is 24.0 Å². The van der Waals surface area contributed by atoms with Crippen LogP contribution in [0, 0.1) is 11.8 Å². The number of hydrogen-bond acceptors (Lipinski definition) is 1. The Morgan fingerprint density at radius 1 is 0.947 bits per heavy atom. The molecule has 0 saturated heterocycles. The second-order valence-corrected chi connectivity index (χ2v) is 6.59. The van der Waals surface area contributed by atoms with Crippen LogP contribution in [0.15, 0.2) is 24.3 Å². The summed E-state index contributed by atoms with van der Waals surface area (Å²) < 4.78 is 0. The Balaban J connectivity index is 2.29. The largest absolute Gasteiger partial charge is 0.316 e. The maximum Gasteiger partial charge on any atom is -0.00258 e. The monoisotopic (exact) mass is 261 g/mol. The lowest BCUT2D eigenvalue weighted by Gasteiger charge is -2.14. The van der Waals surface area contributed by atoms with Crippen molar-refractivity contribution in [2.24, 2.45) is 11.8 Å². The standard InChI is InChI=1S/C18H31N/c1-14(2)13-19-11-10-16(5)12-17-6-8-18(9-7-17)15(3)4/h6-9,14-16,19H,10-13H2,1-5H3. The van der Waals surface area contributed by atoms with Crippen LogP contribution in [0.4, 0.5) is 0 Å². The zero-order valence-electron chi connectivity index (χ0n) is 13.4. The normalized spacial score (nSPS) is 13.2. The summed E-state index contributed by atoms with van der Waals surface area (Å²) in [6, 6.07) is 9.16. The van der Waals surface area contributed by atoms with E-state index in [4.69, 9.17) is 0 Å². The molecule has 0 amide bonds. The molecule has 0 aliphatic rings. The van der Waals surface area contributed by atoms with Gasteiger partial charge in [-0.2, -0.15) is 0 Å². The van der Waals surface area contributed by atoms with Crippen LogP contribution in [-0.2, 0) is 6.42 Å². The van der Waals surface area contributed by atoms with Gasteiger partial charge in [0.15, 0.2) is 0 Å². The fourth-order valence-corrected chi connectivity index (χ4v) is 2.28. The van der Waals surface area contributed by atoms with Crippen LogP contribution < -0.4 is 5.32 Å². The van der Waals surface area contributed by atoms with Gasteiger partial charge in [0, 0.05) is 0 Å². The van der Waals surface area contributed by atoms with Gasteiger partial charge in [0.25, 0.3) is 0 Å². The zero-order valence-corrected chi connectivity index (χ0v) is 13.4. The van der Waals surface area contributed by atoms with Gasteiger partial charge in [-0.15, -0.1) is 0 Å². The first-order valence-corrected chi connectivity index (χ1v) is 7.78.